The summed E-state index contributed by atoms with van der Waals surface area (Å²) in [5.74, 6) is -0.510. The lowest BCUT2D eigenvalue weighted by molar-refractivity contribution is -0.120. The van der Waals surface area contributed by atoms with Crippen molar-refractivity contribution in [2.75, 3.05) is 13.1 Å². The van der Waals surface area contributed by atoms with E-state index in [-0.39, 0.29) is 0 Å². The van der Waals surface area contributed by atoms with Crippen molar-refractivity contribution in [3.63, 3.8) is 0 Å². The summed E-state index contributed by atoms with van der Waals surface area (Å²) in [4.78, 5) is 14.1. The van der Waals surface area contributed by atoms with Gasteiger partial charge >= 0.3 is 0 Å². The molecule has 0 aliphatic carbocycles. The molecule has 0 aliphatic rings. The highest BCUT2D eigenvalue weighted by Crippen LogP contribution is 2.26. The zero-order valence-electron chi connectivity index (χ0n) is 10.0. The van der Waals surface area contributed by atoms with Crippen molar-refractivity contribution in [3.8, 4) is 0 Å². The highest BCUT2D eigenvalue weighted by molar-refractivity contribution is 9.10. The van der Waals surface area contributed by atoms with Gasteiger partial charge in [-0.05, 0) is 42.3 Å². The summed E-state index contributed by atoms with van der Waals surface area (Å²) in [6.07, 6.45) is 0.611. The van der Waals surface area contributed by atoms with Gasteiger partial charge in [0.2, 0.25) is 5.91 Å². The molecular weight excluding hydrogens is 334 g/mol. The van der Waals surface area contributed by atoms with E-state index in [1.165, 1.54) is 0 Å². The van der Waals surface area contributed by atoms with Crippen LogP contribution in [-0.2, 0) is 4.79 Å². The number of nitrogens with zero attached hydrogens (tertiary/aromatic N) is 3. The van der Waals surface area contributed by atoms with E-state index < -0.39 is 11.9 Å². The van der Waals surface area contributed by atoms with E-state index >= 15 is 0 Å². The van der Waals surface area contributed by atoms with Gasteiger partial charge in [-0.25, -0.2) is 0 Å². The number of hydrogen-bond acceptors (Lipinski definition) is 3. The number of azide groups is 1. The summed E-state index contributed by atoms with van der Waals surface area (Å²) in [6.45, 7) is 0.858. The second kappa shape index (κ2) is 8.01. The summed E-state index contributed by atoms with van der Waals surface area (Å²) in [6, 6.07) is 4.55. The van der Waals surface area contributed by atoms with Crippen molar-refractivity contribution in [1.82, 2.24) is 5.32 Å². The number of nitrogens with two attached hydrogens (primary N) is 1. The fourth-order valence-electron chi connectivity index (χ4n) is 1.54. The van der Waals surface area contributed by atoms with Crippen LogP contribution in [0.15, 0.2) is 27.8 Å². The van der Waals surface area contributed by atoms with Crippen molar-refractivity contribution >= 4 is 33.4 Å². The van der Waals surface area contributed by atoms with Gasteiger partial charge in [0, 0.05) is 21.0 Å². The van der Waals surface area contributed by atoms with Crippen LogP contribution in [0.4, 0.5) is 0 Å². The lowest BCUT2D eigenvalue weighted by Gasteiger charge is -2.17. The fourth-order valence-corrected chi connectivity index (χ4v) is 2.15. The van der Waals surface area contributed by atoms with E-state index in [1.807, 2.05) is 0 Å². The Morgan fingerprint density at radius 1 is 1.63 bits per heavy atom. The van der Waals surface area contributed by atoms with Gasteiger partial charge in [-0.1, -0.05) is 32.6 Å². The van der Waals surface area contributed by atoms with Crippen LogP contribution < -0.4 is 11.1 Å². The summed E-state index contributed by atoms with van der Waals surface area (Å²) in [7, 11) is 0. The van der Waals surface area contributed by atoms with E-state index in [0.29, 0.717) is 30.1 Å². The van der Waals surface area contributed by atoms with Crippen molar-refractivity contribution in [2.24, 2.45) is 10.8 Å². The maximum absolute atomic E-state index is 11.5. The van der Waals surface area contributed by atoms with Crippen LogP contribution >= 0.6 is 27.5 Å². The molecule has 0 saturated heterocycles. The molecule has 3 N–H and O–H groups in total. The number of primary amides is 1. The number of carbonyl (C=O) groups is 1. The Labute approximate surface area is 124 Å². The van der Waals surface area contributed by atoms with Crippen LogP contribution in [-0.4, -0.2) is 19.0 Å². The maximum Gasteiger partial charge on any atom is 0.239 e. The molecule has 102 valence electrons. The molecule has 0 aliphatic heterocycles. The smallest absolute Gasteiger partial charge is 0.239 e. The molecule has 0 heterocycles. The number of carbonyl (C=O) groups excluding carboxylic acids is 1. The standard InChI is InChI=1S/C11H13BrClN5O/c12-7-2-3-9(13)8(6-7)10(11(14)19)16-4-1-5-17-18-15/h2-3,6,10,16H,1,4-5H2,(H2,14,19). The van der Waals surface area contributed by atoms with Crippen LogP contribution in [0.25, 0.3) is 10.4 Å². The lowest BCUT2D eigenvalue weighted by Crippen LogP contribution is -2.34. The normalized spacial score (nSPS) is 11.7. The zero-order valence-corrected chi connectivity index (χ0v) is 12.4. The van der Waals surface area contributed by atoms with Crippen LogP contribution in [0.3, 0.4) is 0 Å². The first-order valence-electron chi connectivity index (χ1n) is 5.54. The summed E-state index contributed by atoms with van der Waals surface area (Å²) in [5.41, 5.74) is 14.1. The van der Waals surface area contributed by atoms with Gasteiger partial charge in [-0.2, -0.15) is 0 Å². The molecule has 8 heteroatoms. The Morgan fingerprint density at radius 3 is 3.00 bits per heavy atom. The van der Waals surface area contributed by atoms with E-state index in [9.17, 15) is 4.79 Å². The molecule has 0 aromatic heterocycles. The van der Waals surface area contributed by atoms with Gasteiger partial charge in [-0.15, -0.1) is 0 Å². The second-order valence-electron chi connectivity index (χ2n) is 3.76. The summed E-state index contributed by atoms with van der Waals surface area (Å²) in [5, 5.41) is 6.88. The van der Waals surface area contributed by atoms with Crippen molar-refractivity contribution < 1.29 is 4.79 Å². The van der Waals surface area contributed by atoms with Gasteiger partial charge in [0.1, 0.15) is 6.04 Å². The third-order valence-electron chi connectivity index (χ3n) is 2.40. The summed E-state index contributed by atoms with van der Waals surface area (Å²) < 4.78 is 0.814. The van der Waals surface area contributed by atoms with Crippen LogP contribution in [0.5, 0.6) is 0 Å². The quantitative estimate of drug-likeness (QED) is 0.343. The van der Waals surface area contributed by atoms with Crippen LogP contribution in [0, 0.1) is 0 Å². The third-order valence-corrected chi connectivity index (χ3v) is 3.24. The van der Waals surface area contributed by atoms with Crippen LogP contribution in [0.1, 0.15) is 18.0 Å². The SMILES string of the molecule is [N-]=[N+]=NCCCNC(C(N)=O)c1cc(Br)ccc1Cl. The Kier molecular flexibility index (Phi) is 6.66. The molecule has 1 aromatic carbocycles. The van der Waals surface area contributed by atoms with Crippen molar-refractivity contribution in [3.05, 3.63) is 43.7 Å². The molecule has 0 spiro atoms. The van der Waals surface area contributed by atoms with E-state index in [0.717, 1.165) is 4.47 Å². The number of nitrogens with one attached hydrogen (secondary N) is 1. The number of hydrogen-bond donors (Lipinski definition) is 2. The minimum atomic E-state index is -0.670. The van der Waals surface area contributed by atoms with Crippen LogP contribution in [0.2, 0.25) is 5.02 Å². The predicted molar refractivity (Wildman–Crippen MR) is 77.7 cm³/mol. The fraction of sp³-hybridized carbons (Fsp3) is 0.364. The van der Waals surface area contributed by atoms with E-state index in [1.54, 1.807) is 18.2 Å². The Hall–Kier alpha value is -1.27. The first-order valence-corrected chi connectivity index (χ1v) is 6.72. The molecule has 19 heavy (non-hydrogen) atoms. The molecular formula is C11H13BrClN5O. The molecule has 1 unspecified atom stereocenters. The van der Waals surface area contributed by atoms with Gasteiger partial charge in [0.15, 0.2) is 0 Å². The topological polar surface area (TPSA) is 104 Å². The average molecular weight is 347 g/mol. The monoisotopic (exact) mass is 345 g/mol. The van der Waals surface area contributed by atoms with E-state index in [4.69, 9.17) is 22.9 Å². The molecule has 1 atom stereocenters. The van der Waals surface area contributed by atoms with Gasteiger partial charge < -0.3 is 11.1 Å². The van der Waals surface area contributed by atoms with Gasteiger partial charge in [0.25, 0.3) is 0 Å². The van der Waals surface area contributed by atoms with E-state index in [2.05, 4.69) is 31.3 Å². The second-order valence-corrected chi connectivity index (χ2v) is 5.09. The minimum Gasteiger partial charge on any atom is -0.368 e. The number of amides is 1. The first-order chi connectivity index (χ1) is 9.06. The molecule has 6 nitrogen and oxygen atoms in total. The number of rotatable bonds is 7. The Balaban J connectivity index is 2.74. The zero-order chi connectivity index (χ0) is 14.3. The molecule has 0 saturated carbocycles. The maximum atomic E-state index is 11.5. The van der Waals surface area contributed by atoms with Gasteiger partial charge in [0.05, 0.1) is 0 Å². The van der Waals surface area contributed by atoms with Crippen molar-refractivity contribution in [1.29, 1.82) is 0 Å². The minimum absolute atomic E-state index is 0.362. The molecule has 1 rings (SSSR count). The molecule has 0 fully saturated rings. The van der Waals surface area contributed by atoms with Crippen molar-refractivity contribution in [2.45, 2.75) is 12.5 Å². The Morgan fingerprint density at radius 2 is 2.37 bits per heavy atom. The largest absolute Gasteiger partial charge is 0.368 e. The molecule has 1 aromatic rings. The first kappa shape index (κ1) is 15.8. The lowest BCUT2D eigenvalue weighted by atomic mass is 10.1. The molecule has 1 amide bonds. The average Bonchev–Trinajstić information content (AvgIpc) is 2.37. The summed E-state index contributed by atoms with van der Waals surface area (Å²) >= 11 is 9.38. The highest BCUT2D eigenvalue weighted by Gasteiger charge is 2.19. The number of halogens is 2. The third kappa shape index (κ3) is 5.08. The highest BCUT2D eigenvalue weighted by atomic mass is 79.9. The predicted octanol–water partition coefficient (Wildman–Crippen LogP) is 2.92. The molecule has 0 bridgehead atoms. The Bertz CT molecular complexity index is 504. The van der Waals surface area contributed by atoms with Gasteiger partial charge in [-0.3, -0.25) is 4.79 Å². The molecule has 0 radical (unpaired) electrons. The number of benzene rings is 1.